The van der Waals surface area contributed by atoms with Crippen molar-refractivity contribution >= 4 is 40.7 Å². The molecule has 0 saturated carbocycles. The maximum atomic E-state index is 12.3. The van der Waals surface area contributed by atoms with Gasteiger partial charge in [-0.2, -0.15) is 0 Å². The molecule has 6 nitrogen and oxygen atoms in total. The smallest absolute Gasteiger partial charge is 0.313 e. The molecular weight excluding hydrogens is 389 g/mol. The van der Waals surface area contributed by atoms with Gasteiger partial charge in [-0.25, -0.2) is 0 Å². The number of carbonyl (C=O) groups is 2. The highest BCUT2D eigenvalue weighted by Gasteiger charge is 2.28. The number of nitrogens with one attached hydrogen (secondary N) is 2. The number of morpholine rings is 1. The Morgan fingerprint density at radius 3 is 2.44 bits per heavy atom. The molecule has 1 aliphatic rings. The van der Waals surface area contributed by atoms with Gasteiger partial charge in [0.05, 0.1) is 23.9 Å². The van der Waals surface area contributed by atoms with Gasteiger partial charge >= 0.3 is 11.8 Å². The number of hydrogen-bond donors (Lipinski definition) is 2. The first-order valence-corrected chi connectivity index (χ1v) is 10.1. The number of rotatable bonds is 7. The van der Waals surface area contributed by atoms with Gasteiger partial charge in [0.15, 0.2) is 0 Å². The molecule has 27 heavy (non-hydrogen) atoms. The molecule has 0 aliphatic carbocycles. The summed E-state index contributed by atoms with van der Waals surface area (Å²) in [6.45, 7) is 7.77. The van der Waals surface area contributed by atoms with Gasteiger partial charge in [0.1, 0.15) is 0 Å². The van der Waals surface area contributed by atoms with E-state index in [4.69, 9.17) is 27.9 Å². The van der Waals surface area contributed by atoms with Crippen molar-refractivity contribution in [2.75, 3.05) is 38.2 Å². The van der Waals surface area contributed by atoms with Crippen LogP contribution in [0.4, 0.5) is 5.69 Å². The van der Waals surface area contributed by atoms with Gasteiger partial charge in [0.2, 0.25) is 0 Å². The van der Waals surface area contributed by atoms with Gasteiger partial charge in [-0.05, 0) is 24.1 Å². The van der Waals surface area contributed by atoms with E-state index in [9.17, 15) is 9.59 Å². The van der Waals surface area contributed by atoms with E-state index in [1.54, 1.807) is 12.1 Å². The van der Waals surface area contributed by atoms with Crippen molar-refractivity contribution in [3.8, 4) is 0 Å². The van der Waals surface area contributed by atoms with Crippen molar-refractivity contribution in [2.24, 2.45) is 5.92 Å². The average Bonchev–Trinajstić information content (AvgIpc) is 2.68. The standard InChI is InChI=1S/C19H27Cl2N3O3/c1-3-13(4-2)17(24-7-9-27-10-8-24)12-22-18(25)19(26)23-16-11-14(20)5-6-15(16)21/h5-6,11,13,17H,3-4,7-10,12H2,1-2H3,(H,22,25)(H,23,26)/t17-/m1/s1. The fraction of sp³-hybridized carbons (Fsp3) is 0.579. The zero-order chi connectivity index (χ0) is 19.8. The molecule has 0 radical (unpaired) electrons. The number of ether oxygens (including phenoxy) is 1. The number of amides is 2. The van der Waals surface area contributed by atoms with Crippen LogP contribution in [0, 0.1) is 5.92 Å². The lowest BCUT2D eigenvalue weighted by molar-refractivity contribution is -0.136. The lowest BCUT2D eigenvalue weighted by Crippen LogP contribution is -2.53. The second kappa shape index (κ2) is 10.9. The van der Waals surface area contributed by atoms with Crippen LogP contribution in [0.25, 0.3) is 0 Å². The Bertz CT molecular complexity index is 647. The normalized spacial score (nSPS) is 16.2. The average molecular weight is 416 g/mol. The van der Waals surface area contributed by atoms with Crippen molar-refractivity contribution in [1.29, 1.82) is 0 Å². The van der Waals surface area contributed by atoms with Crippen LogP contribution in [0.2, 0.25) is 10.0 Å². The van der Waals surface area contributed by atoms with Crippen molar-refractivity contribution < 1.29 is 14.3 Å². The Morgan fingerprint density at radius 1 is 1.15 bits per heavy atom. The molecule has 0 spiro atoms. The third kappa shape index (κ3) is 6.35. The summed E-state index contributed by atoms with van der Waals surface area (Å²) in [6, 6.07) is 4.87. The maximum Gasteiger partial charge on any atom is 0.313 e. The van der Waals surface area contributed by atoms with Crippen LogP contribution >= 0.6 is 23.2 Å². The molecule has 1 heterocycles. The second-order valence-electron chi connectivity index (χ2n) is 6.58. The molecule has 1 aromatic rings. The molecular formula is C19H27Cl2N3O3. The first kappa shape index (κ1) is 22.0. The van der Waals surface area contributed by atoms with Crippen molar-refractivity contribution in [3.05, 3.63) is 28.2 Å². The summed E-state index contributed by atoms with van der Waals surface area (Å²) in [5, 5.41) is 6.03. The third-order valence-electron chi connectivity index (χ3n) is 4.96. The number of hydrogen-bond acceptors (Lipinski definition) is 4. The summed E-state index contributed by atoms with van der Waals surface area (Å²) in [5.41, 5.74) is 0.314. The highest BCUT2D eigenvalue weighted by atomic mass is 35.5. The number of carbonyl (C=O) groups excluding carboxylic acids is 2. The van der Waals surface area contributed by atoms with E-state index >= 15 is 0 Å². The van der Waals surface area contributed by atoms with Crippen molar-refractivity contribution in [2.45, 2.75) is 32.7 Å². The number of halogens is 2. The van der Waals surface area contributed by atoms with Crippen molar-refractivity contribution in [1.82, 2.24) is 10.2 Å². The zero-order valence-electron chi connectivity index (χ0n) is 15.8. The van der Waals surface area contributed by atoms with Crippen LogP contribution in [-0.4, -0.2) is 55.6 Å². The maximum absolute atomic E-state index is 12.3. The number of nitrogens with zero attached hydrogens (tertiary/aromatic N) is 1. The molecule has 8 heteroatoms. The van der Waals surface area contributed by atoms with E-state index in [2.05, 4.69) is 29.4 Å². The van der Waals surface area contributed by atoms with E-state index in [0.29, 0.717) is 41.4 Å². The summed E-state index contributed by atoms with van der Waals surface area (Å²) < 4.78 is 5.43. The minimum atomic E-state index is -0.760. The predicted molar refractivity (Wildman–Crippen MR) is 108 cm³/mol. The van der Waals surface area contributed by atoms with Crippen molar-refractivity contribution in [3.63, 3.8) is 0 Å². The lowest BCUT2D eigenvalue weighted by Gasteiger charge is -2.38. The lowest BCUT2D eigenvalue weighted by atomic mass is 9.92. The monoisotopic (exact) mass is 415 g/mol. The zero-order valence-corrected chi connectivity index (χ0v) is 17.3. The molecule has 2 N–H and O–H groups in total. The van der Waals surface area contributed by atoms with Crippen LogP contribution in [0.5, 0.6) is 0 Å². The van der Waals surface area contributed by atoms with E-state index < -0.39 is 11.8 Å². The first-order chi connectivity index (χ1) is 13.0. The summed E-state index contributed by atoms with van der Waals surface area (Å²) >= 11 is 11.9. The number of anilines is 1. The topological polar surface area (TPSA) is 70.7 Å². The first-order valence-electron chi connectivity index (χ1n) is 9.32. The van der Waals surface area contributed by atoms with Gasteiger partial charge in [0.25, 0.3) is 0 Å². The van der Waals surface area contributed by atoms with Gasteiger partial charge in [-0.3, -0.25) is 14.5 Å². The van der Waals surface area contributed by atoms with Crippen LogP contribution in [-0.2, 0) is 14.3 Å². The Labute approximate surface area is 170 Å². The largest absolute Gasteiger partial charge is 0.379 e. The fourth-order valence-electron chi connectivity index (χ4n) is 3.39. The molecule has 2 amide bonds. The molecule has 0 bridgehead atoms. The molecule has 1 fully saturated rings. The quantitative estimate of drug-likeness (QED) is 0.670. The van der Waals surface area contributed by atoms with Crippen LogP contribution in [0.15, 0.2) is 18.2 Å². The van der Waals surface area contributed by atoms with E-state index in [0.717, 1.165) is 25.9 Å². The predicted octanol–water partition coefficient (Wildman–Crippen LogP) is 3.19. The highest BCUT2D eigenvalue weighted by Crippen LogP contribution is 2.25. The molecule has 2 rings (SSSR count). The Balaban J connectivity index is 1.97. The van der Waals surface area contributed by atoms with Gasteiger partial charge < -0.3 is 15.4 Å². The second-order valence-corrected chi connectivity index (χ2v) is 7.42. The molecule has 0 unspecified atom stereocenters. The fourth-order valence-corrected chi connectivity index (χ4v) is 3.72. The molecule has 1 saturated heterocycles. The van der Waals surface area contributed by atoms with Crippen LogP contribution in [0.1, 0.15) is 26.7 Å². The Kier molecular flexibility index (Phi) is 8.83. The molecule has 1 aromatic carbocycles. The molecule has 0 aromatic heterocycles. The van der Waals surface area contributed by atoms with E-state index in [-0.39, 0.29) is 6.04 Å². The minimum absolute atomic E-state index is 0.176. The number of benzene rings is 1. The van der Waals surface area contributed by atoms with Gasteiger partial charge in [-0.1, -0.05) is 49.9 Å². The minimum Gasteiger partial charge on any atom is -0.379 e. The Hall–Kier alpha value is -1.34. The van der Waals surface area contributed by atoms with Gasteiger partial charge in [0, 0.05) is 30.7 Å². The summed E-state index contributed by atoms with van der Waals surface area (Å²) in [4.78, 5) is 26.8. The van der Waals surface area contributed by atoms with E-state index in [1.807, 2.05) is 0 Å². The summed E-state index contributed by atoms with van der Waals surface area (Å²) in [5.74, 6) is -1.01. The van der Waals surface area contributed by atoms with Crippen LogP contribution in [0.3, 0.4) is 0 Å². The molecule has 1 aliphatic heterocycles. The summed E-state index contributed by atoms with van der Waals surface area (Å²) in [7, 11) is 0. The third-order valence-corrected chi connectivity index (χ3v) is 5.53. The van der Waals surface area contributed by atoms with Gasteiger partial charge in [-0.15, -0.1) is 0 Å². The van der Waals surface area contributed by atoms with E-state index in [1.165, 1.54) is 6.07 Å². The SMILES string of the molecule is CCC(CC)[C@@H](CNC(=O)C(=O)Nc1cc(Cl)ccc1Cl)N1CCOCC1. The Morgan fingerprint density at radius 2 is 1.81 bits per heavy atom. The highest BCUT2D eigenvalue weighted by molar-refractivity contribution is 6.42. The van der Waals surface area contributed by atoms with Crippen LogP contribution < -0.4 is 10.6 Å². The molecule has 1 atom stereocenters. The summed E-state index contributed by atoms with van der Waals surface area (Å²) in [6.07, 6.45) is 2.03. The molecule has 150 valence electrons.